The first kappa shape index (κ1) is 16.3. The molecule has 2 atom stereocenters. The zero-order valence-electron chi connectivity index (χ0n) is 13.1. The number of anilines is 1. The van der Waals surface area contributed by atoms with E-state index in [1.54, 1.807) is 7.11 Å². The smallest absolute Gasteiger partial charge is 0.244 e. The number of methoxy groups -OCH3 is 1. The minimum Gasteiger partial charge on any atom is -0.495 e. The maximum absolute atomic E-state index is 12.0. The number of carbonyl (C=O) groups excluding carboxylic acids is 1. The van der Waals surface area contributed by atoms with Crippen LogP contribution in [0.3, 0.4) is 0 Å². The molecule has 2 aliphatic rings. The van der Waals surface area contributed by atoms with Gasteiger partial charge in [0.15, 0.2) is 15.0 Å². The Morgan fingerprint density at radius 1 is 1.39 bits per heavy atom. The van der Waals surface area contributed by atoms with Gasteiger partial charge in [-0.05, 0) is 24.6 Å². The van der Waals surface area contributed by atoms with Crippen LogP contribution in [-0.2, 0) is 14.6 Å². The van der Waals surface area contributed by atoms with Crippen molar-refractivity contribution >= 4 is 38.4 Å². The van der Waals surface area contributed by atoms with Crippen molar-refractivity contribution in [2.75, 3.05) is 23.5 Å². The number of carbonyl (C=O) groups is 1. The number of thioether (sulfide) groups is 1. The molecule has 0 aromatic heterocycles. The molecule has 8 heteroatoms. The molecule has 2 heterocycles. The van der Waals surface area contributed by atoms with E-state index >= 15 is 0 Å². The van der Waals surface area contributed by atoms with Gasteiger partial charge in [-0.1, -0.05) is 17.8 Å². The maximum Gasteiger partial charge on any atom is 0.244 e. The highest BCUT2D eigenvalue weighted by Gasteiger charge is 2.49. The fourth-order valence-electron chi connectivity index (χ4n) is 2.97. The molecule has 0 spiro atoms. The lowest BCUT2D eigenvalue weighted by Crippen LogP contribution is -2.38. The molecule has 0 saturated carbocycles. The van der Waals surface area contributed by atoms with Crippen LogP contribution in [0.4, 0.5) is 5.69 Å². The molecule has 0 aliphatic carbocycles. The monoisotopic (exact) mass is 354 g/mol. The van der Waals surface area contributed by atoms with Crippen LogP contribution in [0.25, 0.3) is 0 Å². The van der Waals surface area contributed by atoms with Gasteiger partial charge in [0, 0.05) is 12.2 Å². The van der Waals surface area contributed by atoms with Gasteiger partial charge in [-0.3, -0.25) is 4.79 Å². The molecule has 0 bridgehead atoms. The molecule has 6 nitrogen and oxygen atoms in total. The molecule has 1 aromatic carbocycles. The zero-order chi connectivity index (χ0) is 16.8. The average molecular weight is 354 g/mol. The topological polar surface area (TPSA) is 76.0 Å². The van der Waals surface area contributed by atoms with E-state index < -0.39 is 9.84 Å². The molecule has 1 amide bonds. The number of amidine groups is 1. The van der Waals surface area contributed by atoms with Crippen LogP contribution >= 0.6 is 11.8 Å². The first-order chi connectivity index (χ1) is 10.8. The minimum atomic E-state index is -3.07. The van der Waals surface area contributed by atoms with Gasteiger partial charge >= 0.3 is 0 Å². The second-order valence-corrected chi connectivity index (χ2v) is 9.12. The van der Waals surface area contributed by atoms with Crippen molar-refractivity contribution in [3.8, 4) is 5.75 Å². The number of aliphatic imine (C=N–C) groups is 1. The number of sulfone groups is 1. The molecular formula is C15H18N2O4S2. The van der Waals surface area contributed by atoms with E-state index in [1.807, 2.05) is 30.0 Å². The predicted molar refractivity (Wildman–Crippen MR) is 92.1 cm³/mol. The number of fused-ring (bicyclic) bond motifs is 1. The second-order valence-electron chi connectivity index (χ2n) is 5.76. The second kappa shape index (κ2) is 5.83. The summed E-state index contributed by atoms with van der Waals surface area (Å²) >= 11 is 1.36. The SMILES string of the molecule is COc1ccc(C)cc1N1C(=NC(C)=O)S[C@@H]2CS(=O)(=O)C[C@H]21. The Hall–Kier alpha value is -1.54. The lowest BCUT2D eigenvalue weighted by atomic mass is 10.1. The molecule has 0 radical (unpaired) electrons. The predicted octanol–water partition coefficient (Wildman–Crippen LogP) is 1.62. The largest absolute Gasteiger partial charge is 0.495 e. The first-order valence-electron chi connectivity index (χ1n) is 7.21. The standard InChI is InChI=1S/C15H18N2O4S2/c1-9-4-5-13(21-3)11(6-9)17-12-7-23(19,20)8-14(12)22-15(17)16-10(2)18/h4-6,12,14H,7-8H2,1-3H3/t12-,14-/m1/s1. The first-order valence-corrected chi connectivity index (χ1v) is 9.91. The summed E-state index contributed by atoms with van der Waals surface area (Å²) in [4.78, 5) is 17.4. The van der Waals surface area contributed by atoms with Gasteiger partial charge in [0.2, 0.25) is 5.91 Å². The van der Waals surface area contributed by atoms with E-state index in [4.69, 9.17) is 4.74 Å². The van der Waals surface area contributed by atoms with Crippen molar-refractivity contribution in [2.45, 2.75) is 25.1 Å². The summed E-state index contributed by atoms with van der Waals surface area (Å²) in [5.74, 6) is 0.520. The van der Waals surface area contributed by atoms with Crippen molar-refractivity contribution in [3.05, 3.63) is 23.8 Å². The molecule has 2 aliphatic heterocycles. The Morgan fingerprint density at radius 3 is 2.78 bits per heavy atom. The van der Waals surface area contributed by atoms with E-state index in [1.165, 1.54) is 18.7 Å². The third-order valence-electron chi connectivity index (χ3n) is 3.91. The van der Waals surface area contributed by atoms with Gasteiger partial charge in [0.25, 0.3) is 0 Å². The summed E-state index contributed by atoms with van der Waals surface area (Å²) in [7, 11) is -1.50. The number of ether oxygens (including phenoxy) is 1. The van der Waals surface area contributed by atoms with Gasteiger partial charge in [-0.2, -0.15) is 4.99 Å². The van der Waals surface area contributed by atoms with Crippen molar-refractivity contribution in [3.63, 3.8) is 0 Å². The van der Waals surface area contributed by atoms with E-state index in [9.17, 15) is 13.2 Å². The Kier molecular flexibility index (Phi) is 4.14. The molecule has 2 saturated heterocycles. The molecule has 3 rings (SSSR count). The lowest BCUT2D eigenvalue weighted by molar-refractivity contribution is -0.115. The highest BCUT2D eigenvalue weighted by Crippen LogP contribution is 2.44. The van der Waals surface area contributed by atoms with Gasteiger partial charge in [0.05, 0.1) is 30.3 Å². The molecule has 0 unspecified atom stereocenters. The number of hydrogen-bond acceptors (Lipinski definition) is 5. The molecule has 1 aromatic rings. The molecule has 124 valence electrons. The van der Waals surface area contributed by atoms with Crippen LogP contribution in [0.5, 0.6) is 5.75 Å². The number of aryl methyl sites for hydroxylation is 1. The van der Waals surface area contributed by atoms with Crippen LogP contribution in [0.1, 0.15) is 12.5 Å². The fourth-order valence-corrected chi connectivity index (χ4v) is 6.92. The molecule has 23 heavy (non-hydrogen) atoms. The van der Waals surface area contributed by atoms with Crippen LogP contribution in [0.15, 0.2) is 23.2 Å². The Morgan fingerprint density at radius 2 is 2.13 bits per heavy atom. The zero-order valence-corrected chi connectivity index (χ0v) is 14.8. The minimum absolute atomic E-state index is 0.0681. The summed E-state index contributed by atoms with van der Waals surface area (Å²) < 4.78 is 29.4. The number of benzene rings is 1. The van der Waals surface area contributed by atoms with Gasteiger partial charge < -0.3 is 9.64 Å². The van der Waals surface area contributed by atoms with E-state index in [-0.39, 0.29) is 28.7 Å². The highest BCUT2D eigenvalue weighted by atomic mass is 32.2. The van der Waals surface area contributed by atoms with Gasteiger partial charge in [0.1, 0.15) is 5.75 Å². The van der Waals surface area contributed by atoms with E-state index in [0.29, 0.717) is 10.9 Å². The van der Waals surface area contributed by atoms with Crippen molar-refractivity contribution < 1.29 is 17.9 Å². The van der Waals surface area contributed by atoms with Gasteiger partial charge in [-0.15, -0.1) is 0 Å². The Bertz CT molecular complexity index is 789. The quantitative estimate of drug-likeness (QED) is 0.803. The third-order valence-corrected chi connectivity index (χ3v) is 7.12. The summed E-state index contributed by atoms with van der Waals surface area (Å²) in [6.45, 7) is 3.35. The third kappa shape index (κ3) is 3.10. The molecular weight excluding hydrogens is 336 g/mol. The number of hydrogen-bond donors (Lipinski definition) is 0. The summed E-state index contributed by atoms with van der Waals surface area (Å²) in [6.07, 6.45) is 0. The van der Waals surface area contributed by atoms with Gasteiger partial charge in [-0.25, -0.2) is 8.42 Å². The summed E-state index contributed by atoms with van der Waals surface area (Å²) in [5, 5.41) is 0.439. The number of rotatable bonds is 2. The Labute approximate surface area is 139 Å². The number of nitrogens with zero attached hydrogens (tertiary/aromatic N) is 2. The summed E-state index contributed by atoms with van der Waals surface area (Å²) in [6, 6.07) is 5.48. The van der Waals surface area contributed by atoms with Crippen LogP contribution < -0.4 is 9.64 Å². The van der Waals surface area contributed by atoms with Crippen molar-refractivity contribution in [1.82, 2.24) is 0 Å². The van der Waals surface area contributed by atoms with Crippen molar-refractivity contribution in [2.24, 2.45) is 4.99 Å². The molecule has 2 fully saturated rings. The van der Waals surface area contributed by atoms with Crippen molar-refractivity contribution in [1.29, 1.82) is 0 Å². The number of amides is 1. The van der Waals surface area contributed by atoms with E-state index in [2.05, 4.69) is 4.99 Å². The van der Waals surface area contributed by atoms with Crippen LogP contribution in [-0.4, -0.2) is 49.4 Å². The van der Waals surface area contributed by atoms with Crippen LogP contribution in [0, 0.1) is 6.92 Å². The van der Waals surface area contributed by atoms with Crippen LogP contribution in [0.2, 0.25) is 0 Å². The fraction of sp³-hybridized carbons (Fsp3) is 0.467. The van der Waals surface area contributed by atoms with E-state index in [0.717, 1.165) is 11.3 Å². The average Bonchev–Trinajstić information content (AvgIpc) is 2.88. The Balaban J connectivity index is 2.12. The molecule has 0 N–H and O–H groups in total. The maximum atomic E-state index is 12.0. The highest BCUT2D eigenvalue weighted by molar-refractivity contribution is 8.16. The lowest BCUT2D eigenvalue weighted by Gasteiger charge is -2.26. The normalized spacial score (nSPS) is 27.3. The summed E-state index contributed by atoms with van der Waals surface area (Å²) in [5.41, 5.74) is 1.78.